The Balaban J connectivity index is 1.92. The van der Waals surface area contributed by atoms with Crippen LogP contribution in [-0.4, -0.2) is 31.1 Å². The van der Waals surface area contributed by atoms with E-state index in [1.807, 2.05) is 12.1 Å². The van der Waals surface area contributed by atoms with Crippen molar-refractivity contribution in [3.8, 4) is 0 Å². The van der Waals surface area contributed by atoms with Crippen molar-refractivity contribution in [1.29, 1.82) is 0 Å². The number of hydrogen-bond acceptors (Lipinski definition) is 1. The molecule has 2 rings (SSSR count). The van der Waals surface area contributed by atoms with E-state index in [9.17, 15) is 0 Å². The van der Waals surface area contributed by atoms with Gasteiger partial charge in [-0.15, -0.1) is 0 Å². The minimum absolute atomic E-state index is 0.808. The summed E-state index contributed by atoms with van der Waals surface area (Å²) < 4.78 is 0. The first-order chi connectivity index (χ1) is 6.84. The zero-order valence-corrected chi connectivity index (χ0v) is 8.87. The Labute approximate surface area is 89.9 Å². The van der Waals surface area contributed by atoms with E-state index >= 15 is 0 Å². The molecular weight excluding hydrogens is 196 g/mol. The van der Waals surface area contributed by atoms with Crippen LogP contribution >= 0.6 is 11.6 Å². The zero-order valence-electron chi connectivity index (χ0n) is 8.12. The van der Waals surface area contributed by atoms with Gasteiger partial charge in [0.2, 0.25) is 0 Å². The largest absolute Gasteiger partial charge is 0.296 e. The highest BCUT2D eigenvalue weighted by atomic mass is 35.5. The minimum Gasteiger partial charge on any atom is -0.296 e. The molecule has 0 N–H and O–H groups in total. The average Bonchev–Trinajstić information content (AvgIpc) is 2.23. The first kappa shape index (κ1) is 9.97. The Morgan fingerprint density at radius 3 is 2.43 bits per heavy atom. The number of hydrogen-bond donors (Lipinski definition) is 0. The fraction of sp³-hybridized carbons (Fsp3) is 0.455. The molecule has 1 heterocycles. The topological polar surface area (TPSA) is 17.3 Å². The van der Waals surface area contributed by atoms with Crippen molar-refractivity contribution >= 4 is 11.6 Å². The van der Waals surface area contributed by atoms with Crippen LogP contribution in [0.2, 0.25) is 5.02 Å². The summed E-state index contributed by atoms with van der Waals surface area (Å²) in [4.78, 5) is 2.43. The minimum atomic E-state index is 0.808. The number of benzene rings is 1. The van der Waals surface area contributed by atoms with Crippen LogP contribution in [0.15, 0.2) is 24.3 Å². The maximum absolute atomic E-state index is 5.83. The van der Waals surface area contributed by atoms with E-state index in [1.54, 1.807) is 0 Å². The zero-order chi connectivity index (χ0) is 9.80. The van der Waals surface area contributed by atoms with E-state index in [4.69, 9.17) is 11.6 Å². The van der Waals surface area contributed by atoms with Crippen molar-refractivity contribution in [1.82, 2.24) is 10.2 Å². The lowest BCUT2D eigenvalue weighted by atomic mass is 10.2. The van der Waals surface area contributed by atoms with Crippen molar-refractivity contribution < 1.29 is 0 Å². The summed E-state index contributed by atoms with van der Waals surface area (Å²) in [6.07, 6.45) is 0. The van der Waals surface area contributed by atoms with E-state index < -0.39 is 0 Å². The van der Waals surface area contributed by atoms with Crippen LogP contribution in [-0.2, 0) is 6.54 Å². The predicted octanol–water partition coefficient (Wildman–Crippen LogP) is 1.76. The second-order valence-corrected chi connectivity index (χ2v) is 4.01. The Hall–Kier alpha value is -0.570. The van der Waals surface area contributed by atoms with Gasteiger partial charge >= 0.3 is 0 Å². The normalized spacial score (nSPS) is 18.4. The summed E-state index contributed by atoms with van der Waals surface area (Å²) >= 11 is 5.83. The van der Waals surface area contributed by atoms with Crippen LogP contribution < -0.4 is 5.32 Å². The molecule has 1 fully saturated rings. The lowest BCUT2D eigenvalue weighted by molar-refractivity contribution is 0.231. The molecule has 2 nitrogen and oxygen atoms in total. The van der Waals surface area contributed by atoms with Gasteiger partial charge < -0.3 is 0 Å². The molecule has 0 spiro atoms. The van der Waals surface area contributed by atoms with Crippen molar-refractivity contribution in [2.24, 2.45) is 0 Å². The van der Waals surface area contributed by atoms with Crippen LogP contribution in [0.25, 0.3) is 0 Å². The third kappa shape index (κ3) is 2.71. The fourth-order valence-electron chi connectivity index (χ4n) is 1.65. The van der Waals surface area contributed by atoms with Crippen molar-refractivity contribution in [2.75, 3.05) is 26.2 Å². The molecule has 0 aromatic heterocycles. The lowest BCUT2D eigenvalue weighted by Crippen LogP contribution is -2.39. The molecule has 1 aromatic rings. The SMILES string of the molecule is Clc1ccc(CN2CC[N]CC2)cc1. The first-order valence-corrected chi connectivity index (χ1v) is 5.32. The number of nitrogens with zero attached hydrogens (tertiary/aromatic N) is 2. The Morgan fingerprint density at radius 1 is 1.14 bits per heavy atom. The second kappa shape index (κ2) is 4.78. The van der Waals surface area contributed by atoms with E-state index in [0.717, 1.165) is 37.7 Å². The third-order valence-electron chi connectivity index (χ3n) is 2.47. The second-order valence-electron chi connectivity index (χ2n) is 3.57. The van der Waals surface area contributed by atoms with Gasteiger partial charge in [0.05, 0.1) is 0 Å². The average molecular weight is 210 g/mol. The summed E-state index contributed by atoms with van der Waals surface area (Å²) in [7, 11) is 0. The van der Waals surface area contributed by atoms with E-state index in [2.05, 4.69) is 22.3 Å². The van der Waals surface area contributed by atoms with Gasteiger partial charge in [0.15, 0.2) is 0 Å². The summed E-state index contributed by atoms with van der Waals surface area (Å²) in [6.45, 7) is 5.15. The first-order valence-electron chi connectivity index (χ1n) is 4.95. The van der Waals surface area contributed by atoms with Crippen molar-refractivity contribution in [3.63, 3.8) is 0 Å². The molecule has 0 saturated carbocycles. The molecule has 14 heavy (non-hydrogen) atoms. The van der Waals surface area contributed by atoms with Crippen molar-refractivity contribution in [3.05, 3.63) is 34.9 Å². The maximum Gasteiger partial charge on any atom is 0.0406 e. The van der Waals surface area contributed by atoms with E-state index in [1.165, 1.54) is 5.56 Å². The molecule has 0 bridgehead atoms. The Morgan fingerprint density at radius 2 is 1.79 bits per heavy atom. The number of halogens is 1. The van der Waals surface area contributed by atoms with E-state index in [0.29, 0.717) is 0 Å². The lowest BCUT2D eigenvalue weighted by Gasteiger charge is -2.26. The highest BCUT2D eigenvalue weighted by molar-refractivity contribution is 6.30. The Bertz CT molecular complexity index is 278. The Kier molecular flexibility index (Phi) is 3.40. The molecule has 0 amide bonds. The molecule has 75 valence electrons. The van der Waals surface area contributed by atoms with Crippen molar-refractivity contribution in [2.45, 2.75) is 6.54 Å². The smallest absolute Gasteiger partial charge is 0.0406 e. The monoisotopic (exact) mass is 209 g/mol. The van der Waals surface area contributed by atoms with Crippen LogP contribution in [0.4, 0.5) is 0 Å². The van der Waals surface area contributed by atoms with Gasteiger partial charge in [0.25, 0.3) is 0 Å². The van der Waals surface area contributed by atoms with Gasteiger partial charge in [-0.05, 0) is 17.7 Å². The summed E-state index contributed by atoms with van der Waals surface area (Å²) in [5, 5.41) is 5.13. The summed E-state index contributed by atoms with van der Waals surface area (Å²) in [6, 6.07) is 8.08. The molecule has 0 unspecified atom stereocenters. The van der Waals surface area contributed by atoms with E-state index in [-0.39, 0.29) is 0 Å². The van der Waals surface area contributed by atoms with Gasteiger partial charge in [0.1, 0.15) is 0 Å². The molecule has 1 aliphatic heterocycles. The fourth-order valence-corrected chi connectivity index (χ4v) is 1.78. The highest BCUT2D eigenvalue weighted by Gasteiger charge is 2.09. The third-order valence-corrected chi connectivity index (χ3v) is 2.72. The van der Waals surface area contributed by atoms with Gasteiger partial charge in [-0.1, -0.05) is 23.7 Å². The van der Waals surface area contributed by atoms with Gasteiger partial charge in [-0.25, -0.2) is 5.32 Å². The molecule has 1 radical (unpaired) electrons. The van der Waals surface area contributed by atoms with Crippen LogP contribution in [0.1, 0.15) is 5.56 Å². The van der Waals surface area contributed by atoms with Gasteiger partial charge in [-0.2, -0.15) is 0 Å². The van der Waals surface area contributed by atoms with Gasteiger partial charge in [0, 0.05) is 37.7 Å². The summed E-state index contributed by atoms with van der Waals surface area (Å²) in [5.41, 5.74) is 1.33. The highest BCUT2D eigenvalue weighted by Crippen LogP contribution is 2.11. The van der Waals surface area contributed by atoms with Crippen LogP contribution in [0.5, 0.6) is 0 Å². The maximum atomic E-state index is 5.83. The van der Waals surface area contributed by atoms with Crippen LogP contribution in [0.3, 0.4) is 0 Å². The molecule has 1 saturated heterocycles. The molecule has 3 heteroatoms. The van der Waals surface area contributed by atoms with Crippen LogP contribution in [0, 0.1) is 0 Å². The number of piperazine rings is 1. The number of rotatable bonds is 2. The molecule has 1 aliphatic rings. The molecule has 0 atom stereocenters. The standard InChI is InChI=1S/C11H14ClN2/c12-11-3-1-10(2-4-11)9-14-7-5-13-6-8-14/h1-4H,5-9H2. The molecule has 1 aromatic carbocycles. The molecular formula is C11H14ClN2. The predicted molar refractivity (Wildman–Crippen MR) is 58.6 cm³/mol. The summed E-state index contributed by atoms with van der Waals surface area (Å²) in [5.74, 6) is 0. The molecule has 0 aliphatic carbocycles. The quantitative estimate of drug-likeness (QED) is 0.726. The van der Waals surface area contributed by atoms with Gasteiger partial charge in [-0.3, -0.25) is 4.90 Å².